The first kappa shape index (κ1) is 21.5. The van der Waals surface area contributed by atoms with Gasteiger partial charge < -0.3 is 18.7 Å². The van der Waals surface area contributed by atoms with Crippen LogP contribution in [-0.2, 0) is 10.0 Å². The van der Waals surface area contributed by atoms with Gasteiger partial charge in [-0.1, -0.05) is 18.5 Å². The van der Waals surface area contributed by atoms with Crippen molar-refractivity contribution in [2.24, 2.45) is 0 Å². The molecule has 4 rings (SSSR count). The van der Waals surface area contributed by atoms with Crippen LogP contribution >= 0.6 is 22.9 Å². The van der Waals surface area contributed by atoms with Gasteiger partial charge in [0.05, 0.1) is 12.0 Å². The van der Waals surface area contributed by atoms with Crippen LogP contribution in [0.4, 0.5) is 5.88 Å². The maximum absolute atomic E-state index is 13.3. The molecule has 3 heterocycles. The van der Waals surface area contributed by atoms with Gasteiger partial charge in [0.1, 0.15) is 4.90 Å². The average molecular weight is 485 g/mol. The highest BCUT2D eigenvalue weighted by Crippen LogP contribution is 2.39. The lowest BCUT2D eigenvalue weighted by Gasteiger charge is -2.15. The van der Waals surface area contributed by atoms with Crippen LogP contribution in [0.25, 0.3) is 0 Å². The van der Waals surface area contributed by atoms with E-state index in [0.29, 0.717) is 11.5 Å². The van der Waals surface area contributed by atoms with Gasteiger partial charge >= 0.3 is 0 Å². The number of aryl methyl sites for hydroxylation is 1. The summed E-state index contributed by atoms with van der Waals surface area (Å²) in [7, 11) is -2.86. The van der Waals surface area contributed by atoms with Crippen molar-refractivity contribution in [1.82, 2.24) is 5.16 Å². The Balaban J connectivity index is 1.64. The van der Waals surface area contributed by atoms with E-state index < -0.39 is 15.9 Å². The molecular formula is C19H17ClN2O7S2. The zero-order valence-corrected chi connectivity index (χ0v) is 19.0. The second kappa shape index (κ2) is 8.06. The van der Waals surface area contributed by atoms with Crippen LogP contribution in [0.15, 0.2) is 33.0 Å². The standard InChI is InChI=1S/C19H17ClN2O7S2/c1-9-6-12-13(28-8-27-12)7-11(9)10(2)16(23)17-14(4-5-30-17)31(24,25)22-19-15(20)18(26-3)21-29-19/h4-7,10,22H,8H2,1-3H3. The number of thiophene rings is 1. The van der Waals surface area contributed by atoms with E-state index in [4.69, 9.17) is 30.3 Å². The highest BCUT2D eigenvalue weighted by atomic mass is 35.5. The largest absolute Gasteiger partial charge is 0.478 e. The molecular weight excluding hydrogens is 468 g/mol. The number of sulfonamides is 1. The summed E-state index contributed by atoms with van der Waals surface area (Å²) in [5, 5.41) is 4.93. The Kier molecular flexibility index (Phi) is 5.58. The molecule has 9 nitrogen and oxygen atoms in total. The predicted molar refractivity (Wildman–Crippen MR) is 113 cm³/mol. The molecule has 0 spiro atoms. The fraction of sp³-hybridized carbons (Fsp3) is 0.263. The van der Waals surface area contributed by atoms with Gasteiger partial charge in [0.2, 0.25) is 6.79 Å². The minimum absolute atomic E-state index is 0.0621. The Labute approximate surface area is 186 Å². The van der Waals surface area contributed by atoms with Gasteiger partial charge in [-0.3, -0.25) is 4.79 Å². The third-order valence-electron chi connectivity index (χ3n) is 4.79. The third kappa shape index (κ3) is 3.84. The average Bonchev–Trinajstić information content (AvgIpc) is 3.46. The van der Waals surface area contributed by atoms with Crippen molar-refractivity contribution in [1.29, 1.82) is 0 Å². The zero-order chi connectivity index (χ0) is 22.3. The van der Waals surface area contributed by atoms with E-state index in [1.807, 2.05) is 6.92 Å². The molecule has 3 aromatic rings. The minimum atomic E-state index is -4.18. The number of aromatic nitrogens is 1. The second-order valence-corrected chi connectivity index (χ2v) is 9.65. The maximum Gasteiger partial charge on any atom is 0.275 e. The van der Waals surface area contributed by atoms with Crippen LogP contribution in [0.2, 0.25) is 5.02 Å². The molecule has 164 valence electrons. The molecule has 0 amide bonds. The van der Waals surface area contributed by atoms with Crippen molar-refractivity contribution < 1.29 is 31.9 Å². The highest BCUT2D eigenvalue weighted by molar-refractivity contribution is 7.93. The number of ether oxygens (including phenoxy) is 3. The lowest BCUT2D eigenvalue weighted by Crippen LogP contribution is -2.17. The van der Waals surface area contributed by atoms with Crippen molar-refractivity contribution in [2.75, 3.05) is 18.6 Å². The fourth-order valence-electron chi connectivity index (χ4n) is 3.18. The Bertz CT molecular complexity index is 1270. The number of Topliss-reactive ketones (excluding diaryl/α,β-unsaturated/α-hetero) is 1. The predicted octanol–water partition coefficient (Wildman–Crippen LogP) is 4.22. The molecule has 31 heavy (non-hydrogen) atoms. The van der Waals surface area contributed by atoms with E-state index in [9.17, 15) is 13.2 Å². The molecule has 0 bridgehead atoms. The van der Waals surface area contributed by atoms with Crippen LogP contribution in [0, 0.1) is 6.92 Å². The molecule has 12 heteroatoms. The number of benzene rings is 1. The molecule has 2 aromatic heterocycles. The van der Waals surface area contributed by atoms with E-state index in [1.165, 1.54) is 18.6 Å². The number of carbonyl (C=O) groups is 1. The van der Waals surface area contributed by atoms with Crippen molar-refractivity contribution in [2.45, 2.75) is 24.7 Å². The molecule has 1 atom stereocenters. The maximum atomic E-state index is 13.3. The Morgan fingerprint density at radius 3 is 2.71 bits per heavy atom. The van der Waals surface area contributed by atoms with Gasteiger partial charge in [-0.05, 0) is 46.8 Å². The van der Waals surface area contributed by atoms with Crippen molar-refractivity contribution >= 4 is 44.6 Å². The molecule has 0 fully saturated rings. The molecule has 1 aliphatic rings. The molecule has 1 unspecified atom stereocenters. The number of halogens is 1. The van der Waals surface area contributed by atoms with E-state index in [1.54, 1.807) is 19.1 Å². The van der Waals surface area contributed by atoms with Gasteiger partial charge in [-0.2, -0.15) is 0 Å². The number of anilines is 1. The third-order valence-corrected chi connectivity index (χ3v) is 7.56. The summed E-state index contributed by atoms with van der Waals surface area (Å²) in [5.74, 6) is -0.163. The summed E-state index contributed by atoms with van der Waals surface area (Å²) in [4.78, 5) is 13.2. The minimum Gasteiger partial charge on any atom is -0.478 e. The number of methoxy groups -OCH3 is 1. The number of hydrogen-bond donors (Lipinski definition) is 1. The molecule has 0 saturated carbocycles. The summed E-state index contributed by atoms with van der Waals surface area (Å²) in [6.45, 7) is 3.69. The zero-order valence-electron chi connectivity index (χ0n) is 16.6. The van der Waals surface area contributed by atoms with Gasteiger partial charge in [0, 0.05) is 5.92 Å². The summed E-state index contributed by atoms with van der Waals surface area (Å²) >= 11 is 7.03. The normalized spacial score (nSPS) is 13.8. The van der Waals surface area contributed by atoms with E-state index >= 15 is 0 Å². The summed E-state index contributed by atoms with van der Waals surface area (Å²) in [5.41, 5.74) is 1.56. The van der Waals surface area contributed by atoms with Crippen LogP contribution in [-0.4, -0.2) is 33.3 Å². The number of nitrogens with zero attached hydrogens (tertiary/aromatic N) is 1. The van der Waals surface area contributed by atoms with Crippen molar-refractivity contribution in [3.8, 4) is 17.4 Å². The SMILES string of the molecule is COc1noc(NS(=O)(=O)c2ccsc2C(=O)C(C)c2cc3c(cc2C)OCO3)c1Cl. The number of fused-ring (bicyclic) bond motifs is 1. The first-order valence-electron chi connectivity index (χ1n) is 8.96. The Morgan fingerprint density at radius 1 is 1.32 bits per heavy atom. The Hall–Kier alpha value is -2.76. The van der Waals surface area contributed by atoms with Gasteiger partial charge in [0.25, 0.3) is 21.8 Å². The first-order chi connectivity index (χ1) is 14.7. The van der Waals surface area contributed by atoms with Crippen molar-refractivity contribution in [3.05, 3.63) is 44.6 Å². The topological polar surface area (TPSA) is 117 Å². The first-order valence-corrected chi connectivity index (χ1v) is 11.7. The van der Waals surface area contributed by atoms with Crippen LogP contribution in [0.5, 0.6) is 17.4 Å². The summed E-state index contributed by atoms with van der Waals surface area (Å²) in [6.07, 6.45) is 0. The summed E-state index contributed by atoms with van der Waals surface area (Å²) < 4.78 is 48.6. The van der Waals surface area contributed by atoms with Gasteiger partial charge in [0.15, 0.2) is 22.3 Å². The highest BCUT2D eigenvalue weighted by Gasteiger charge is 2.31. The van der Waals surface area contributed by atoms with Crippen LogP contribution in [0.3, 0.4) is 0 Å². The number of ketones is 1. The number of hydrogen-bond acceptors (Lipinski definition) is 9. The number of nitrogens with one attached hydrogen (secondary N) is 1. The smallest absolute Gasteiger partial charge is 0.275 e. The lowest BCUT2D eigenvalue weighted by atomic mass is 9.91. The van der Waals surface area contributed by atoms with Crippen LogP contribution < -0.4 is 18.9 Å². The monoisotopic (exact) mass is 484 g/mol. The second-order valence-electron chi connectivity index (χ2n) is 6.70. The van der Waals surface area contributed by atoms with Gasteiger partial charge in [-0.15, -0.1) is 11.3 Å². The van der Waals surface area contributed by atoms with Crippen LogP contribution in [0.1, 0.15) is 33.6 Å². The lowest BCUT2D eigenvalue weighted by molar-refractivity contribution is 0.0967. The number of carbonyl (C=O) groups excluding carboxylic acids is 1. The molecule has 1 N–H and O–H groups in total. The quantitative estimate of drug-likeness (QED) is 0.495. The summed E-state index contributed by atoms with van der Waals surface area (Å²) in [6, 6.07) is 4.90. The van der Waals surface area contributed by atoms with Crippen molar-refractivity contribution in [3.63, 3.8) is 0 Å². The van der Waals surface area contributed by atoms with E-state index in [-0.39, 0.29) is 39.1 Å². The Morgan fingerprint density at radius 2 is 2.03 bits per heavy atom. The molecule has 1 aromatic carbocycles. The molecule has 0 saturated heterocycles. The molecule has 0 radical (unpaired) electrons. The van der Waals surface area contributed by atoms with E-state index in [0.717, 1.165) is 22.5 Å². The molecule has 1 aliphatic heterocycles. The fourth-order valence-corrected chi connectivity index (χ4v) is 5.90. The number of rotatable bonds is 7. The van der Waals surface area contributed by atoms with E-state index in [2.05, 4.69) is 9.88 Å². The van der Waals surface area contributed by atoms with Gasteiger partial charge in [-0.25, -0.2) is 13.1 Å². The molecule has 0 aliphatic carbocycles.